The number of hydrogen-bond donors (Lipinski definition) is 2. The van der Waals surface area contributed by atoms with Gasteiger partial charge in [0.15, 0.2) is 0 Å². The Labute approximate surface area is 153 Å². The number of likely N-dealkylation sites (N-methyl/N-ethyl adjacent to an activating group) is 1. The van der Waals surface area contributed by atoms with Gasteiger partial charge in [0.2, 0.25) is 10.0 Å². The Bertz CT molecular complexity index is 941. The van der Waals surface area contributed by atoms with Crippen molar-refractivity contribution in [1.82, 2.24) is 10.0 Å². The second kappa shape index (κ2) is 8.11. The number of nitrogens with zero attached hydrogens (tertiary/aromatic N) is 1. The Morgan fingerprint density at radius 3 is 2.56 bits per heavy atom. The van der Waals surface area contributed by atoms with E-state index in [9.17, 15) is 13.2 Å². The predicted molar refractivity (Wildman–Crippen MR) is 94.5 cm³/mol. The summed E-state index contributed by atoms with van der Waals surface area (Å²) in [6, 6.07) is 11.1. The van der Waals surface area contributed by atoms with Crippen LogP contribution in [0, 0.1) is 11.3 Å². The van der Waals surface area contributed by atoms with Gasteiger partial charge in [0.05, 0.1) is 11.4 Å². The molecule has 0 atom stereocenters. The van der Waals surface area contributed by atoms with Gasteiger partial charge in [-0.2, -0.15) is 5.26 Å². The van der Waals surface area contributed by atoms with Crippen LogP contribution in [0.5, 0.6) is 0 Å². The molecule has 0 bridgehead atoms. The smallest absolute Gasteiger partial charge is 0.261 e. The van der Waals surface area contributed by atoms with E-state index in [-0.39, 0.29) is 22.8 Å². The Hall–Kier alpha value is -2.41. The average Bonchev–Trinajstić information content (AvgIpc) is 3.05. The first-order valence-electron chi connectivity index (χ1n) is 7.03. The summed E-state index contributed by atoms with van der Waals surface area (Å²) in [5.41, 5.74) is -0.112. The quantitative estimate of drug-likeness (QED) is 0.545. The lowest BCUT2D eigenvalue weighted by Crippen LogP contribution is -2.22. The number of carbonyl (C=O) groups is 1. The van der Waals surface area contributed by atoms with E-state index in [1.54, 1.807) is 30.3 Å². The van der Waals surface area contributed by atoms with Crippen LogP contribution in [-0.2, 0) is 21.4 Å². The van der Waals surface area contributed by atoms with Crippen LogP contribution in [-0.4, -0.2) is 21.4 Å². The first kappa shape index (κ1) is 18.9. The van der Waals surface area contributed by atoms with Crippen molar-refractivity contribution in [2.75, 3.05) is 7.05 Å². The zero-order chi connectivity index (χ0) is 18.4. The monoisotopic (exact) mass is 423 g/mol. The summed E-state index contributed by atoms with van der Waals surface area (Å²) in [6.45, 7) is -0.0614. The Balaban J connectivity index is 2.09. The van der Waals surface area contributed by atoms with E-state index in [2.05, 4.69) is 26.0 Å². The first-order valence-corrected chi connectivity index (χ1v) is 9.31. The van der Waals surface area contributed by atoms with Gasteiger partial charge >= 0.3 is 0 Å². The number of carbonyl (C=O) groups excluding carboxylic acids is 1. The number of furan rings is 1. The molecule has 7 nitrogen and oxygen atoms in total. The van der Waals surface area contributed by atoms with Gasteiger partial charge in [-0.3, -0.25) is 4.79 Å². The van der Waals surface area contributed by atoms with E-state index in [1.165, 1.54) is 25.3 Å². The summed E-state index contributed by atoms with van der Waals surface area (Å²) in [6.07, 6.45) is 1.28. The Morgan fingerprint density at radius 1 is 1.28 bits per heavy atom. The van der Waals surface area contributed by atoms with Gasteiger partial charge in [-0.15, -0.1) is 0 Å². The number of amides is 1. The highest BCUT2D eigenvalue weighted by Gasteiger charge is 2.15. The number of benzene rings is 1. The summed E-state index contributed by atoms with van der Waals surface area (Å²) in [5, 5.41) is 11.3. The Kier molecular flexibility index (Phi) is 6.14. The van der Waals surface area contributed by atoms with E-state index in [0.717, 1.165) is 4.47 Å². The molecule has 1 amide bonds. The zero-order valence-corrected chi connectivity index (χ0v) is 15.5. The van der Waals surface area contributed by atoms with Crippen molar-refractivity contribution in [3.8, 4) is 6.07 Å². The van der Waals surface area contributed by atoms with Crippen LogP contribution in [0.3, 0.4) is 0 Å². The highest BCUT2D eigenvalue weighted by molar-refractivity contribution is 9.10. The van der Waals surface area contributed by atoms with Crippen molar-refractivity contribution in [1.29, 1.82) is 5.26 Å². The molecule has 25 heavy (non-hydrogen) atoms. The van der Waals surface area contributed by atoms with Gasteiger partial charge < -0.3 is 9.73 Å². The summed E-state index contributed by atoms with van der Waals surface area (Å²) in [5.74, 6) is 0.0931. The number of hydrogen-bond acceptors (Lipinski definition) is 5. The molecule has 130 valence electrons. The van der Waals surface area contributed by atoms with Crippen molar-refractivity contribution in [2.45, 2.75) is 11.4 Å². The number of sulfonamides is 1. The third-order valence-electron chi connectivity index (χ3n) is 3.12. The van der Waals surface area contributed by atoms with Crippen LogP contribution in [0.4, 0.5) is 0 Å². The lowest BCUT2D eigenvalue weighted by molar-refractivity contribution is -0.116. The summed E-state index contributed by atoms with van der Waals surface area (Å²) in [7, 11) is -2.26. The topological polar surface area (TPSA) is 112 Å². The summed E-state index contributed by atoms with van der Waals surface area (Å²) >= 11 is 3.24. The van der Waals surface area contributed by atoms with Gasteiger partial charge in [-0.1, -0.05) is 15.9 Å². The minimum Gasteiger partial charge on any atom is -0.460 e. The molecule has 0 aliphatic carbocycles. The number of nitriles is 1. The second-order valence-electron chi connectivity index (χ2n) is 4.83. The van der Waals surface area contributed by atoms with Crippen LogP contribution >= 0.6 is 15.9 Å². The molecule has 9 heteroatoms. The van der Waals surface area contributed by atoms with E-state index >= 15 is 0 Å². The van der Waals surface area contributed by atoms with Crippen molar-refractivity contribution in [2.24, 2.45) is 0 Å². The maximum absolute atomic E-state index is 12.2. The maximum atomic E-state index is 12.2. The van der Waals surface area contributed by atoms with E-state index < -0.39 is 15.9 Å². The van der Waals surface area contributed by atoms with E-state index in [0.29, 0.717) is 5.76 Å². The molecule has 0 aliphatic rings. The van der Waals surface area contributed by atoms with Crippen LogP contribution in [0.25, 0.3) is 6.08 Å². The molecule has 2 N–H and O–H groups in total. The molecule has 1 heterocycles. The average molecular weight is 424 g/mol. The minimum absolute atomic E-state index is 0.0614. The van der Waals surface area contributed by atoms with E-state index in [1.807, 2.05) is 0 Å². The van der Waals surface area contributed by atoms with Crippen LogP contribution in [0.2, 0.25) is 0 Å². The van der Waals surface area contributed by atoms with Crippen molar-refractivity contribution in [3.05, 3.63) is 58.0 Å². The van der Waals surface area contributed by atoms with Gasteiger partial charge in [0.1, 0.15) is 23.2 Å². The van der Waals surface area contributed by atoms with Crippen LogP contribution in [0.1, 0.15) is 11.5 Å². The molecular weight excluding hydrogens is 410 g/mol. The summed E-state index contributed by atoms with van der Waals surface area (Å²) in [4.78, 5) is 11.6. The van der Waals surface area contributed by atoms with Crippen molar-refractivity contribution >= 4 is 37.9 Å². The number of halogens is 1. The predicted octanol–water partition coefficient (Wildman–Crippen LogP) is 2.17. The molecule has 0 saturated carbocycles. The molecule has 0 fully saturated rings. The minimum atomic E-state index is -3.67. The Morgan fingerprint density at radius 2 is 1.96 bits per heavy atom. The second-order valence-corrected chi connectivity index (χ2v) is 7.51. The van der Waals surface area contributed by atoms with Gasteiger partial charge in [-0.25, -0.2) is 13.1 Å². The van der Waals surface area contributed by atoms with Crippen molar-refractivity contribution in [3.63, 3.8) is 0 Å². The molecular formula is C16H14BrN3O4S. The molecule has 1 aromatic heterocycles. The van der Waals surface area contributed by atoms with Crippen LogP contribution < -0.4 is 10.0 Å². The normalized spacial score (nSPS) is 11.8. The van der Waals surface area contributed by atoms with Crippen LogP contribution in [0.15, 0.2) is 55.8 Å². The third-order valence-corrected chi connectivity index (χ3v) is 5.07. The first-order chi connectivity index (χ1) is 11.9. The molecule has 0 aliphatic heterocycles. The standard InChI is InChI=1S/C16H14BrN3O4S/c1-19-16(21)11(9-18)8-13-4-5-14(24-13)10-20-25(22,23)15-6-2-12(17)3-7-15/h2-8,20H,10H2,1H3,(H,19,21)/b11-8-. The number of nitrogens with one attached hydrogen (secondary N) is 2. The SMILES string of the molecule is CNC(=O)/C(C#N)=C\c1ccc(CNS(=O)(=O)c2ccc(Br)cc2)o1. The lowest BCUT2D eigenvalue weighted by atomic mass is 10.2. The molecule has 2 rings (SSSR count). The third kappa shape index (κ3) is 5.03. The fourth-order valence-electron chi connectivity index (χ4n) is 1.86. The van der Waals surface area contributed by atoms with Gasteiger partial charge in [0.25, 0.3) is 5.91 Å². The molecule has 0 spiro atoms. The summed E-state index contributed by atoms with van der Waals surface area (Å²) < 4.78 is 33.0. The van der Waals surface area contributed by atoms with Gasteiger partial charge in [0, 0.05) is 17.6 Å². The van der Waals surface area contributed by atoms with E-state index in [4.69, 9.17) is 9.68 Å². The highest BCUT2D eigenvalue weighted by atomic mass is 79.9. The maximum Gasteiger partial charge on any atom is 0.261 e. The highest BCUT2D eigenvalue weighted by Crippen LogP contribution is 2.16. The van der Waals surface area contributed by atoms with Crippen molar-refractivity contribution < 1.29 is 17.6 Å². The molecule has 0 saturated heterocycles. The molecule has 2 aromatic rings. The zero-order valence-electron chi connectivity index (χ0n) is 13.1. The molecule has 0 unspecified atom stereocenters. The molecule has 1 aromatic carbocycles. The lowest BCUT2D eigenvalue weighted by Gasteiger charge is -2.05. The number of rotatable bonds is 6. The fraction of sp³-hybridized carbons (Fsp3) is 0.125. The largest absolute Gasteiger partial charge is 0.460 e. The fourth-order valence-corrected chi connectivity index (χ4v) is 3.11. The van der Waals surface area contributed by atoms with Gasteiger partial charge in [-0.05, 0) is 36.4 Å². The molecule has 0 radical (unpaired) electrons.